The van der Waals surface area contributed by atoms with Gasteiger partial charge >= 0.3 is 0 Å². The van der Waals surface area contributed by atoms with E-state index in [9.17, 15) is 13.2 Å². The molecule has 0 aromatic carbocycles. The summed E-state index contributed by atoms with van der Waals surface area (Å²) < 4.78 is 26.1. The topological polar surface area (TPSA) is 104 Å². The van der Waals surface area contributed by atoms with Gasteiger partial charge in [-0.05, 0) is 19.3 Å². The van der Waals surface area contributed by atoms with Crippen molar-refractivity contribution in [3.05, 3.63) is 12.5 Å². The van der Waals surface area contributed by atoms with Crippen molar-refractivity contribution in [3.8, 4) is 0 Å². The zero-order chi connectivity index (χ0) is 12.3. The molecule has 0 aliphatic carbocycles. The van der Waals surface area contributed by atoms with E-state index in [1.54, 1.807) is 0 Å². The summed E-state index contributed by atoms with van der Waals surface area (Å²) in [6.07, 6.45) is 4.68. The number of carbonyl (C=O) groups excluding carboxylic acids is 1. The van der Waals surface area contributed by atoms with Crippen LogP contribution in [0.25, 0.3) is 0 Å². The van der Waals surface area contributed by atoms with E-state index in [-0.39, 0.29) is 10.9 Å². The van der Waals surface area contributed by atoms with Crippen molar-refractivity contribution in [1.29, 1.82) is 0 Å². The van der Waals surface area contributed by atoms with Crippen LogP contribution in [0.4, 0.5) is 0 Å². The lowest BCUT2D eigenvalue weighted by atomic mass is 10.1. The summed E-state index contributed by atoms with van der Waals surface area (Å²) in [5, 5.41) is 2.64. The zero-order valence-electron chi connectivity index (χ0n) is 9.14. The van der Waals surface area contributed by atoms with Crippen LogP contribution in [0.15, 0.2) is 17.6 Å². The van der Waals surface area contributed by atoms with E-state index in [2.05, 4.69) is 20.0 Å². The number of aromatic amines is 1. The number of H-pyrrole nitrogens is 1. The molecule has 0 saturated carbocycles. The van der Waals surface area contributed by atoms with Crippen molar-refractivity contribution in [2.24, 2.45) is 0 Å². The maximum absolute atomic E-state index is 11.9. The highest BCUT2D eigenvalue weighted by molar-refractivity contribution is 7.89. The Balaban J connectivity index is 2.12. The molecule has 1 atom stereocenters. The smallest absolute Gasteiger partial charge is 0.258 e. The Kier molecular flexibility index (Phi) is 3.43. The number of hydrogen-bond acceptors (Lipinski definition) is 4. The Bertz CT molecular complexity index is 482. The SMILES string of the molecule is O=C1NCCCCC1NS(=O)(=O)c1cnc[nH]1. The third-order valence-electron chi connectivity index (χ3n) is 2.60. The van der Waals surface area contributed by atoms with Crippen LogP contribution in [0, 0.1) is 0 Å². The maximum atomic E-state index is 11.9. The number of nitrogens with one attached hydrogen (secondary N) is 3. The monoisotopic (exact) mass is 258 g/mol. The minimum Gasteiger partial charge on any atom is -0.355 e. The summed E-state index contributed by atoms with van der Waals surface area (Å²) in [7, 11) is -3.69. The largest absolute Gasteiger partial charge is 0.355 e. The summed E-state index contributed by atoms with van der Waals surface area (Å²) in [4.78, 5) is 17.7. The van der Waals surface area contributed by atoms with Gasteiger partial charge in [-0.15, -0.1) is 0 Å². The third kappa shape index (κ3) is 2.83. The van der Waals surface area contributed by atoms with Crippen LogP contribution in [-0.2, 0) is 14.8 Å². The first-order valence-corrected chi connectivity index (χ1v) is 6.86. The second-order valence-corrected chi connectivity index (χ2v) is 5.56. The molecule has 0 radical (unpaired) electrons. The van der Waals surface area contributed by atoms with E-state index in [0.717, 1.165) is 12.8 Å². The molecule has 0 bridgehead atoms. The molecule has 1 fully saturated rings. The second kappa shape index (κ2) is 4.84. The summed E-state index contributed by atoms with van der Waals surface area (Å²) in [6, 6.07) is -0.703. The molecule has 1 amide bonds. The Morgan fingerprint density at radius 2 is 2.24 bits per heavy atom. The lowest BCUT2D eigenvalue weighted by Gasteiger charge is -2.14. The first kappa shape index (κ1) is 12.1. The predicted molar refractivity (Wildman–Crippen MR) is 59.6 cm³/mol. The Labute approximate surface area is 99.1 Å². The number of nitrogens with zero attached hydrogens (tertiary/aromatic N) is 1. The molecule has 3 N–H and O–H groups in total. The third-order valence-corrected chi connectivity index (χ3v) is 3.99. The van der Waals surface area contributed by atoms with Crippen molar-refractivity contribution >= 4 is 15.9 Å². The molecule has 0 spiro atoms. The Morgan fingerprint density at radius 1 is 1.41 bits per heavy atom. The molecule has 1 aromatic rings. The van der Waals surface area contributed by atoms with Gasteiger partial charge in [0.05, 0.1) is 12.5 Å². The molecule has 1 aliphatic rings. The molecule has 17 heavy (non-hydrogen) atoms. The lowest BCUT2D eigenvalue weighted by molar-refractivity contribution is -0.122. The maximum Gasteiger partial charge on any atom is 0.258 e. The molecule has 8 heteroatoms. The highest BCUT2D eigenvalue weighted by atomic mass is 32.2. The van der Waals surface area contributed by atoms with Crippen molar-refractivity contribution in [2.45, 2.75) is 30.3 Å². The van der Waals surface area contributed by atoms with Gasteiger partial charge in [0.15, 0.2) is 5.03 Å². The van der Waals surface area contributed by atoms with E-state index >= 15 is 0 Å². The first-order chi connectivity index (χ1) is 8.09. The average Bonchev–Trinajstić information content (AvgIpc) is 2.74. The normalized spacial score (nSPS) is 21.9. The predicted octanol–water partition coefficient (Wildman–Crippen LogP) is -0.643. The quantitative estimate of drug-likeness (QED) is 0.670. The van der Waals surface area contributed by atoms with Crippen molar-refractivity contribution in [1.82, 2.24) is 20.0 Å². The van der Waals surface area contributed by atoms with E-state index in [4.69, 9.17) is 0 Å². The Hall–Kier alpha value is -1.41. The van der Waals surface area contributed by atoms with Crippen molar-refractivity contribution in [3.63, 3.8) is 0 Å². The average molecular weight is 258 g/mol. The minimum atomic E-state index is -3.69. The summed E-state index contributed by atoms with van der Waals surface area (Å²) in [5.74, 6) is -0.273. The molecule has 7 nitrogen and oxygen atoms in total. The summed E-state index contributed by atoms with van der Waals surface area (Å²) in [5.41, 5.74) is 0. The Morgan fingerprint density at radius 3 is 2.94 bits per heavy atom. The molecule has 2 rings (SSSR count). The molecular formula is C9H14N4O3S. The highest BCUT2D eigenvalue weighted by Gasteiger charge is 2.27. The number of sulfonamides is 1. The van der Waals surface area contributed by atoms with Crippen LogP contribution in [0.2, 0.25) is 0 Å². The molecular weight excluding hydrogens is 244 g/mol. The number of rotatable bonds is 3. The second-order valence-electron chi connectivity index (χ2n) is 3.88. The van der Waals surface area contributed by atoms with Crippen LogP contribution in [0.5, 0.6) is 0 Å². The minimum absolute atomic E-state index is 0.0328. The molecule has 2 heterocycles. The number of aromatic nitrogens is 2. The van der Waals surface area contributed by atoms with Crippen molar-refractivity contribution in [2.75, 3.05) is 6.54 Å². The van der Waals surface area contributed by atoms with Crippen LogP contribution >= 0.6 is 0 Å². The van der Waals surface area contributed by atoms with Gasteiger partial charge in [0.1, 0.15) is 6.04 Å². The van der Waals surface area contributed by atoms with Gasteiger partial charge in [-0.2, -0.15) is 4.72 Å². The fourth-order valence-corrected chi connectivity index (χ4v) is 2.83. The van der Waals surface area contributed by atoms with Gasteiger partial charge in [0, 0.05) is 6.54 Å². The summed E-state index contributed by atoms with van der Waals surface area (Å²) >= 11 is 0. The van der Waals surface area contributed by atoms with E-state index in [1.165, 1.54) is 12.5 Å². The molecule has 1 aliphatic heterocycles. The van der Waals surface area contributed by atoms with Crippen molar-refractivity contribution < 1.29 is 13.2 Å². The van der Waals surface area contributed by atoms with Gasteiger partial charge in [0.25, 0.3) is 10.0 Å². The van der Waals surface area contributed by atoms with E-state index in [0.29, 0.717) is 13.0 Å². The van der Waals surface area contributed by atoms with Gasteiger partial charge < -0.3 is 10.3 Å². The van der Waals surface area contributed by atoms with Crippen LogP contribution < -0.4 is 10.0 Å². The number of amides is 1. The molecule has 1 unspecified atom stereocenters. The van der Waals surface area contributed by atoms with Crippen LogP contribution in [0.3, 0.4) is 0 Å². The molecule has 94 valence electrons. The number of imidazole rings is 1. The van der Waals surface area contributed by atoms with E-state index < -0.39 is 16.1 Å². The van der Waals surface area contributed by atoms with Gasteiger partial charge in [-0.1, -0.05) is 0 Å². The van der Waals surface area contributed by atoms with Gasteiger partial charge in [-0.25, -0.2) is 13.4 Å². The fraction of sp³-hybridized carbons (Fsp3) is 0.556. The highest BCUT2D eigenvalue weighted by Crippen LogP contribution is 2.09. The molecule has 1 saturated heterocycles. The van der Waals surface area contributed by atoms with E-state index in [1.807, 2.05) is 0 Å². The fourth-order valence-electron chi connectivity index (χ4n) is 1.69. The van der Waals surface area contributed by atoms with Crippen LogP contribution in [-0.4, -0.2) is 36.9 Å². The summed E-state index contributed by atoms with van der Waals surface area (Å²) in [6.45, 7) is 0.598. The number of carbonyl (C=O) groups is 1. The lowest BCUT2D eigenvalue weighted by Crippen LogP contribution is -2.45. The standard InChI is InChI=1S/C9H14N4O3S/c14-9-7(3-1-2-4-11-9)13-17(15,16)8-5-10-6-12-8/h5-7,13H,1-4H2,(H,10,12)(H,11,14). The van der Waals surface area contributed by atoms with Gasteiger partial charge in [-0.3, -0.25) is 4.79 Å². The van der Waals surface area contributed by atoms with Crippen LogP contribution in [0.1, 0.15) is 19.3 Å². The molecule has 1 aromatic heterocycles. The number of hydrogen-bond donors (Lipinski definition) is 3. The first-order valence-electron chi connectivity index (χ1n) is 5.38. The zero-order valence-corrected chi connectivity index (χ0v) is 9.96. The van der Waals surface area contributed by atoms with Gasteiger partial charge in [0.2, 0.25) is 5.91 Å².